The van der Waals surface area contributed by atoms with Crippen LogP contribution in [0, 0.1) is 0 Å². The molecule has 0 bridgehead atoms. The highest BCUT2D eigenvalue weighted by molar-refractivity contribution is 6.29. The quantitative estimate of drug-likeness (QED) is 0.640. The number of hydrogen-bond donors (Lipinski definition) is 1. The number of rotatable bonds is 5. The number of halogens is 4. The predicted molar refractivity (Wildman–Crippen MR) is 88.0 cm³/mol. The van der Waals surface area contributed by atoms with E-state index in [1.54, 1.807) is 0 Å². The fourth-order valence-corrected chi connectivity index (χ4v) is 2.42. The first kappa shape index (κ1) is 19.1. The minimum atomic E-state index is -4.57. The standard InChI is InChI=1S/C16H16ClF3N4O/c1-3-11(16(18,19)20)9-15(25,12-5-4-8-21-10-12)24(2)14-7-6-13(17)22-23-14/h3-8,10,25H,9H2,1-2H3. The van der Waals surface area contributed by atoms with E-state index in [1.165, 1.54) is 55.5 Å². The summed E-state index contributed by atoms with van der Waals surface area (Å²) in [5.41, 5.74) is -2.71. The Bertz CT molecular complexity index is 737. The van der Waals surface area contributed by atoms with Crippen LogP contribution in [0.1, 0.15) is 18.9 Å². The van der Waals surface area contributed by atoms with Crippen molar-refractivity contribution in [2.45, 2.75) is 25.2 Å². The Kier molecular flexibility index (Phi) is 5.64. The van der Waals surface area contributed by atoms with E-state index in [1.807, 2.05) is 0 Å². The Morgan fingerprint density at radius 1 is 1.28 bits per heavy atom. The molecule has 2 rings (SSSR count). The molecular weight excluding hydrogens is 357 g/mol. The predicted octanol–water partition coefficient (Wildman–Crippen LogP) is 3.71. The van der Waals surface area contributed by atoms with Crippen molar-refractivity contribution in [3.8, 4) is 0 Å². The molecule has 2 aromatic heterocycles. The summed E-state index contributed by atoms with van der Waals surface area (Å²) in [5, 5.41) is 18.8. The second kappa shape index (κ2) is 7.37. The van der Waals surface area contributed by atoms with Crippen molar-refractivity contribution >= 4 is 17.4 Å². The maximum Gasteiger partial charge on any atom is 0.412 e. The molecule has 1 unspecified atom stereocenters. The lowest BCUT2D eigenvalue weighted by Gasteiger charge is -2.38. The summed E-state index contributed by atoms with van der Waals surface area (Å²) in [6.45, 7) is 1.27. The van der Waals surface area contributed by atoms with Gasteiger partial charge < -0.3 is 10.0 Å². The van der Waals surface area contributed by atoms with Crippen LogP contribution in [0.5, 0.6) is 0 Å². The number of anilines is 1. The zero-order valence-electron chi connectivity index (χ0n) is 13.5. The summed E-state index contributed by atoms with van der Waals surface area (Å²) < 4.78 is 39.7. The second-order valence-electron chi connectivity index (χ2n) is 5.32. The Hall–Kier alpha value is -2.19. The second-order valence-corrected chi connectivity index (χ2v) is 5.71. The van der Waals surface area contributed by atoms with Gasteiger partial charge in [0, 0.05) is 37.0 Å². The van der Waals surface area contributed by atoms with Gasteiger partial charge in [0.25, 0.3) is 0 Å². The SMILES string of the molecule is CC=C(CC(O)(c1cccnc1)N(C)c1ccc(Cl)nn1)C(F)(F)F. The van der Waals surface area contributed by atoms with Crippen LogP contribution in [0.4, 0.5) is 19.0 Å². The summed E-state index contributed by atoms with van der Waals surface area (Å²) in [7, 11) is 1.43. The molecule has 9 heteroatoms. The van der Waals surface area contributed by atoms with Crippen LogP contribution in [0.2, 0.25) is 5.15 Å². The van der Waals surface area contributed by atoms with Gasteiger partial charge in [-0.05, 0) is 25.1 Å². The van der Waals surface area contributed by atoms with Gasteiger partial charge in [-0.15, -0.1) is 10.2 Å². The largest absolute Gasteiger partial charge is 0.412 e. The third-order valence-corrected chi connectivity index (χ3v) is 3.99. The molecule has 0 amide bonds. The van der Waals surface area contributed by atoms with Gasteiger partial charge in [-0.25, -0.2) is 0 Å². The van der Waals surface area contributed by atoms with Crippen LogP contribution in [0.3, 0.4) is 0 Å². The van der Waals surface area contributed by atoms with Crippen molar-refractivity contribution in [3.05, 3.63) is 59.0 Å². The van der Waals surface area contributed by atoms with E-state index in [4.69, 9.17) is 11.6 Å². The molecule has 0 radical (unpaired) electrons. The number of alkyl halides is 3. The van der Waals surface area contributed by atoms with E-state index in [-0.39, 0.29) is 16.5 Å². The van der Waals surface area contributed by atoms with Gasteiger partial charge in [-0.2, -0.15) is 13.2 Å². The molecule has 0 aliphatic carbocycles. The number of hydrogen-bond acceptors (Lipinski definition) is 5. The molecule has 0 spiro atoms. The minimum Gasteiger partial charge on any atom is -0.366 e. The average molecular weight is 373 g/mol. The Morgan fingerprint density at radius 2 is 2.00 bits per heavy atom. The molecule has 0 saturated heterocycles. The highest BCUT2D eigenvalue weighted by atomic mass is 35.5. The normalized spacial score (nSPS) is 14.9. The van der Waals surface area contributed by atoms with Crippen molar-refractivity contribution in [1.82, 2.24) is 15.2 Å². The summed E-state index contributed by atoms with van der Waals surface area (Å²) in [5.74, 6) is 0.161. The molecule has 25 heavy (non-hydrogen) atoms. The molecule has 0 aromatic carbocycles. The minimum absolute atomic E-state index is 0.131. The monoisotopic (exact) mass is 372 g/mol. The summed E-state index contributed by atoms with van der Waals surface area (Å²) in [6.07, 6.45) is -1.57. The number of nitrogens with zero attached hydrogens (tertiary/aromatic N) is 4. The molecular formula is C16H16ClF3N4O. The van der Waals surface area contributed by atoms with Crippen LogP contribution < -0.4 is 4.90 Å². The van der Waals surface area contributed by atoms with E-state index in [2.05, 4.69) is 15.2 Å². The zero-order chi connectivity index (χ0) is 18.7. The van der Waals surface area contributed by atoms with Crippen LogP contribution in [0.15, 0.2) is 48.3 Å². The van der Waals surface area contributed by atoms with Gasteiger partial charge in [0.15, 0.2) is 16.7 Å². The van der Waals surface area contributed by atoms with Gasteiger partial charge in [0.05, 0.1) is 0 Å². The number of pyridine rings is 1. The number of aromatic nitrogens is 3. The first-order chi connectivity index (χ1) is 11.7. The lowest BCUT2D eigenvalue weighted by Crippen LogP contribution is -2.46. The van der Waals surface area contributed by atoms with Crippen molar-refractivity contribution in [3.63, 3.8) is 0 Å². The van der Waals surface area contributed by atoms with E-state index in [0.29, 0.717) is 0 Å². The third kappa shape index (κ3) is 4.26. The first-order valence-electron chi connectivity index (χ1n) is 7.27. The van der Waals surface area contributed by atoms with Crippen molar-refractivity contribution in [2.75, 3.05) is 11.9 Å². The average Bonchev–Trinajstić information content (AvgIpc) is 2.59. The first-order valence-corrected chi connectivity index (χ1v) is 7.64. The van der Waals surface area contributed by atoms with Crippen LogP contribution in [-0.2, 0) is 5.72 Å². The van der Waals surface area contributed by atoms with E-state index >= 15 is 0 Å². The smallest absolute Gasteiger partial charge is 0.366 e. The fraction of sp³-hybridized carbons (Fsp3) is 0.312. The highest BCUT2D eigenvalue weighted by Gasteiger charge is 2.43. The Labute approximate surface area is 147 Å². The molecule has 0 aliphatic heterocycles. The van der Waals surface area contributed by atoms with Crippen LogP contribution in [-0.4, -0.2) is 33.5 Å². The summed E-state index contributed by atoms with van der Waals surface area (Å²) >= 11 is 5.69. The molecule has 0 fully saturated rings. The molecule has 1 atom stereocenters. The zero-order valence-corrected chi connectivity index (χ0v) is 14.3. The third-order valence-electron chi connectivity index (χ3n) is 3.79. The van der Waals surface area contributed by atoms with E-state index < -0.39 is 23.9 Å². The van der Waals surface area contributed by atoms with Crippen LogP contribution in [0.25, 0.3) is 0 Å². The lowest BCUT2D eigenvalue weighted by molar-refractivity contribution is -0.103. The summed E-state index contributed by atoms with van der Waals surface area (Å²) in [4.78, 5) is 5.10. The Morgan fingerprint density at radius 3 is 2.48 bits per heavy atom. The van der Waals surface area contributed by atoms with Crippen molar-refractivity contribution < 1.29 is 18.3 Å². The molecule has 2 heterocycles. The molecule has 0 saturated carbocycles. The highest BCUT2D eigenvalue weighted by Crippen LogP contribution is 2.39. The number of allylic oxidation sites excluding steroid dienone is 1. The van der Waals surface area contributed by atoms with E-state index in [0.717, 1.165) is 6.08 Å². The van der Waals surface area contributed by atoms with Crippen LogP contribution >= 0.6 is 11.6 Å². The molecule has 134 valence electrons. The van der Waals surface area contributed by atoms with Gasteiger partial charge in [-0.1, -0.05) is 23.7 Å². The maximum absolute atomic E-state index is 13.2. The maximum atomic E-state index is 13.2. The number of aliphatic hydroxyl groups is 1. The molecule has 2 aromatic rings. The van der Waals surface area contributed by atoms with Gasteiger partial charge in [0.1, 0.15) is 0 Å². The van der Waals surface area contributed by atoms with E-state index in [9.17, 15) is 18.3 Å². The summed E-state index contributed by atoms with van der Waals surface area (Å²) in [6, 6.07) is 5.92. The molecule has 5 nitrogen and oxygen atoms in total. The van der Waals surface area contributed by atoms with Crippen molar-refractivity contribution in [2.24, 2.45) is 0 Å². The molecule has 0 aliphatic rings. The van der Waals surface area contributed by atoms with Gasteiger partial charge in [-0.3, -0.25) is 4.98 Å². The topological polar surface area (TPSA) is 62.1 Å². The lowest BCUT2D eigenvalue weighted by atomic mass is 9.94. The van der Waals surface area contributed by atoms with Crippen molar-refractivity contribution in [1.29, 1.82) is 0 Å². The Balaban J connectivity index is 2.51. The van der Waals surface area contributed by atoms with Gasteiger partial charge >= 0.3 is 6.18 Å². The van der Waals surface area contributed by atoms with Gasteiger partial charge in [0.2, 0.25) is 0 Å². The fourth-order valence-electron chi connectivity index (χ4n) is 2.32. The molecule has 1 N–H and O–H groups in total.